The number of ether oxygens (including phenoxy) is 2. The highest BCUT2D eigenvalue weighted by Crippen LogP contribution is 2.36. The van der Waals surface area contributed by atoms with E-state index in [-0.39, 0.29) is 6.42 Å². The fourth-order valence-electron chi connectivity index (χ4n) is 1.37. The molecule has 0 bridgehead atoms. The SMILES string of the molecule is COc1cc(CCC(=O)O)cc(Cl)c1OC. The van der Waals surface area contributed by atoms with Crippen molar-refractivity contribution in [1.29, 1.82) is 0 Å². The maximum Gasteiger partial charge on any atom is 0.303 e. The third-order valence-corrected chi connectivity index (χ3v) is 2.40. The number of halogens is 1. The zero-order valence-electron chi connectivity index (χ0n) is 9.12. The maximum atomic E-state index is 10.4. The monoisotopic (exact) mass is 244 g/mol. The van der Waals surface area contributed by atoms with Crippen molar-refractivity contribution in [2.75, 3.05) is 14.2 Å². The Balaban J connectivity index is 2.96. The molecule has 4 nitrogen and oxygen atoms in total. The zero-order chi connectivity index (χ0) is 12.1. The van der Waals surface area contributed by atoms with Crippen molar-refractivity contribution in [2.45, 2.75) is 12.8 Å². The first kappa shape index (κ1) is 12.6. The van der Waals surface area contributed by atoms with E-state index in [2.05, 4.69) is 0 Å². The average Bonchev–Trinajstić information content (AvgIpc) is 2.25. The second-order valence-electron chi connectivity index (χ2n) is 3.21. The number of aryl methyl sites for hydroxylation is 1. The second-order valence-corrected chi connectivity index (χ2v) is 3.61. The Kier molecular flexibility index (Phi) is 4.43. The molecule has 0 saturated carbocycles. The van der Waals surface area contributed by atoms with Crippen molar-refractivity contribution < 1.29 is 19.4 Å². The molecule has 0 aliphatic carbocycles. The number of hydrogen-bond donors (Lipinski definition) is 1. The van der Waals surface area contributed by atoms with Crippen LogP contribution in [0.5, 0.6) is 11.5 Å². The topological polar surface area (TPSA) is 55.8 Å². The van der Waals surface area contributed by atoms with Crippen LogP contribution in [-0.2, 0) is 11.2 Å². The zero-order valence-corrected chi connectivity index (χ0v) is 9.87. The van der Waals surface area contributed by atoms with Crippen LogP contribution in [0.1, 0.15) is 12.0 Å². The van der Waals surface area contributed by atoms with E-state index in [1.54, 1.807) is 12.1 Å². The van der Waals surface area contributed by atoms with E-state index >= 15 is 0 Å². The lowest BCUT2D eigenvalue weighted by Gasteiger charge is -2.11. The van der Waals surface area contributed by atoms with Gasteiger partial charge in [-0.1, -0.05) is 11.6 Å². The third-order valence-electron chi connectivity index (χ3n) is 2.12. The highest BCUT2D eigenvalue weighted by atomic mass is 35.5. The molecule has 0 aromatic heterocycles. The van der Waals surface area contributed by atoms with Crippen LogP contribution < -0.4 is 9.47 Å². The highest BCUT2D eigenvalue weighted by molar-refractivity contribution is 6.32. The predicted molar refractivity (Wildman–Crippen MR) is 60.5 cm³/mol. The van der Waals surface area contributed by atoms with Crippen molar-refractivity contribution in [3.63, 3.8) is 0 Å². The molecular formula is C11H13ClO4. The molecule has 0 atom stereocenters. The van der Waals surface area contributed by atoms with Crippen LogP contribution >= 0.6 is 11.6 Å². The molecule has 1 rings (SSSR count). The van der Waals surface area contributed by atoms with Crippen molar-refractivity contribution in [3.05, 3.63) is 22.7 Å². The minimum Gasteiger partial charge on any atom is -0.493 e. The molecular weight excluding hydrogens is 232 g/mol. The van der Waals surface area contributed by atoms with E-state index in [0.29, 0.717) is 22.9 Å². The Morgan fingerprint density at radius 1 is 1.38 bits per heavy atom. The van der Waals surface area contributed by atoms with Gasteiger partial charge in [-0.3, -0.25) is 4.79 Å². The lowest BCUT2D eigenvalue weighted by molar-refractivity contribution is -0.136. The molecule has 88 valence electrons. The molecule has 0 amide bonds. The number of hydrogen-bond acceptors (Lipinski definition) is 3. The smallest absolute Gasteiger partial charge is 0.303 e. The van der Waals surface area contributed by atoms with Gasteiger partial charge in [0.15, 0.2) is 11.5 Å². The summed E-state index contributed by atoms with van der Waals surface area (Å²) in [6.07, 6.45) is 0.473. The molecule has 0 radical (unpaired) electrons. The van der Waals surface area contributed by atoms with Crippen molar-refractivity contribution in [2.24, 2.45) is 0 Å². The van der Waals surface area contributed by atoms with Crippen molar-refractivity contribution in [1.82, 2.24) is 0 Å². The van der Waals surface area contributed by atoms with Gasteiger partial charge in [-0.25, -0.2) is 0 Å². The summed E-state index contributed by atoms with van der Waals surface area (Å²) in [5.41, 5.74) is 0.810. The molecule has 0 spiro atoms. The van der Waals surface area contributed by atoms with Crippen LogP contribution in [0, 0.1) is 0 Å². The predicted octanol–water partition coefficient (Wildman–Crippen LogP) is 2.37. The first-order valence-corrected chi connectivity index (χ1v) is 5.08. The summed E-state index contributed by atoms with van der Waals surface area (Å²) in [7, 11) is 3.01. The number of carbonyl (C=O) groups is 1. The molecule has 1 N–H and O–H groups in total. The van der Waals surface area contributed by atoms with Crippen LogP contribution in [0.2, 0.25) is 5.02 Å². The van der Waals surface area contributed by atoms with Gasteiger partial charge in [0.2, 0.25) is 0 Å². The van der Waals surface area contributed by atoms with Gasteiger partial charge in [-0.2, -0.15) is 0 Å². The summed E-state index contributed by atoms with van der Waals surface area (Å²) in [5.74, 6) is 0.129. The van der Waals surface area contributed by atoms with Crippen LogP contribution in [0.4, 0.5) is 0 Å². The largest absolute Gasteiger partial charge is 0.493 e. The Morgan fingerprint density at radius 2 is 2.06 bits per heavy atom. The van der Waals surface area contributed by atoms with Crippen LogP contribution in [0.15, 0.2) is 12.1 Å². The number of aliphatic carboxylic acids is 1. The third kappa shape index (κ3) is 3.03. The number of rotatable bonds is 5. The summed E-state index contributed by atoms with van der Waals surface area (Å²) >= 11 is 5.98. The van der Waals surface area contributed by atoms with Crippen LogP contribution in [0.3, 0.4) is 0 Å². The minimum atomic E-state index is -0.842. The van der Waals surface area contributed by atoms with Crippen LogP contribution in [0.25, 0.3) is 0 Å². The Hall–Kier alpha value is -1.42. The molecule has 0 saturated heterocycles. The number of carboxylic acids is 1. The van der Waals surface area contributed by atoms with E-state index < -0.39 is 5.97 Å². The summed E-state index contributed by atoms with van der Waals surface area (Å²) in [6.45, 7) is 0. The quantitative estimate of drug-likeness (QED) is 0.864. The molecule has 1 aromatic rings. The van der Waals surface area contributed by atoms with E-state index in [1.165, 1.54) is 14.2 Å². The fourth-order valence-corrected chi connectivity index (χ4v) is 1.68. The highest BCUT2D eigenvalue weighted by Gasteiger charge is 2.11. The van der Waals surface area contributed by atoms with Crippen LogP contribution in [-0.4, -0.2) is 25.3 Å². The molecule has 0 fully saturated rings. The van der Waals surface area contributed by atoms with Crippen molar-refractivity contribution in [3.8, 4) is 11.5 Å². The summed E-state index contributed by atoms with van der Waals surface area (Å²) in [5, 5.41) is 9.00. The molecule has 5 heteroatoms. The lowest BCUT2D eigenvalue weighted by Crippen LogP contribution is -1.99. The van der Waals surface area contributed by atoms with Gasteiger partial charge < -0.3 is 14.6 Å². The van der Waals surface area contributed by atoms with Gasteiger partial charge in [-0.15, -0.1) is 0 Å². The Morgan fingerprint density at radius 3 is 2.56 bits per heavy atom. The molecule has 0 heterocycles. The van der Waals surface area contributed by atoms with Crippen molar-refractivity contribution >= 4 is 17.6 Å². The van der Waals surface area contributed by atoms with Gasteiger partial charge in [0.25, 0.3) is 0 Å². The van der Waals surface area contributed by atoms with E-state index in [0.717, 1.165) is 5.56 Å². The number of benzene rings is 1. The summed E-state index contributed by atoms with van der Waals surface area (Å²) in [4.78, 5) is 10.4. The summed E-state index contributed by atoms with van der Waals surface area (Å²) in [6, 6.07) is 3.42. The van der Waals surface area contributed by atoms with E-state index in [1.807, 2.05) is 0 Å². The second kappa shape index (κ2) is 5.61. The van der Waals surface area contributed by atoms with Gasteiger partial charge in [0.1, 0.15) is 0 Å². The molecule has 0 aliphatic rings. The van der Waals surface area contributed by atoms with Gasteiger partial charge in [0.05, 0.1) is 19.2 Å². The fraction of sp³-hybridized carbons (Fsp3) is 0.364. The Bertz CT molecular complexity index is 390. The van der Waals surface area contributed by atoms with E-state index in [4.69, 9.17) is 26.2 Å². The first-order chi connectivity index (χ1) is 7.58. The Labute approximate surface area is 98.7 Å². The van der Waals surface area contributed by atoms with E-state index in [9.17, 15) is 4.79 Å². The maximum absolute atomic E-state index is 10.4. The molecule has 1 aromatic carbocycles. The lowest BCUT2D eigenvalue weighted by atomic mass is 10.1. The number of methoxy groups -OCH3 is 2. The standard InChI is InChI=1S/C11H13ClO4/c1-15-9-6-7(3-4-10(13)14)5-8(12)11(9)16-2/h5-6H,3-4H2,1-2H3,(H,13,14). The van der Waals surface area contributed by atoms with Gasteiger partial charge >= 0.3 is 5.97 Å². The summed E-state index contributed by atoms with van der Waals surface area (Å²) < 4.78 is 10.2. The first-order valence-electron chi connectivity index (χ1n) is 4.70. The molecule has 0 unspecified atom stereocenters. The minimum absolute atomic E-state index is 0.0613. The number of carboxylic acid groups (broad SMARTS) is 1. The average molecular weight is 245 g/mol. The normalized spacial score (nSPS) is 9.94. The molecule has 0 aliphatic heterocycles. The molecule has 16 heavy (non-hydrogen) atoms. The van der Waals surface area contributed by atoms with Gasteiger partial charge in [0, 0.05) is 6.42 Å². The van der Waals surface area contributed by atoms with Gasteiger partial charge in [-0.05, 0) is 24.1 Å².